The molecule has 14 heavy (non-hydrogen) atoms. The van der Waals surface area contributed by atoms with Crippen molar-refractivity contribution in [1.29, 1.82) is 0 Å². The van der Waals surface area contributed by atoms with Crippen LogP contribution in [0.5, 0.6) is 0 Å². The summed E-state index contributed by atoms with van der Waals surface area (Å²) >= 11 is 0. The summed E-state index contributed by atoms with van der Waals surface area (Å²) in [5.41, 5.74) is 0.934. The molecule has 4 heteroatoms. The molecule has 0 amide bonds. The minimum Gasteiger partial charge on any atom is -0.392 e. The lowest BCUT2D eigenvalue weighted by Gasteiger charge is -2.10. The van der Waals surface area contributed by atoms with Crippen LogP contribution in [0, 0.1) is 5.82 Å². The molecule has 0 spiro atoms. The van der Waals surface area contributed by atoms with Gasteiger partial charge in [0.2, 0.25) is 0 Å². The molecule has 1 aromatic rings. The van der Waals surface area contributed by atoms with E-state index in [2.05, 4.69) is 0 Å². The lowest BCUT2D eigenvalue weighted by Crippen LogP contribution is -2.00. The Kier molecular flexibility index (Phi) is 2.77. The first-order valence-electron chi connectivity index (χ1n) is 4.43. The van der Waals surface area contributed by atoms with Crippen molar-refractivity contribution in [3.63, 3.8) is 0 Å². The van der Waals surface area contributed by atoms with E-state index < -0.39 is 12.1 Å². The van der Waals surface area contributed by atoms with Gasteiger partial charge in [-0.2, -0.15) is 0 Å². The normalized spacial score (nSPS) is 17.6. The predicted octanol–water partition coefficient (Wildman–Crippen LogP) is 1.36. The molecule has 76 valence electrons. The molecule has 0 bridgehead atoms. The molecule has 1 aromatic carbocycles. The lowest BCUT2D eigenvalue weighted by atomic mass is 10.1. The Morgan fingerprint density at radius 1 is 1.36 bits per heavy atom. The molecule has 0 atom stereocenters. The highest BCUT2D eigenvalue weighted by atomic mass is 19.1. The van der Waals surface area contributed by atoms with Crippen LogP contribution in [0.2, 0.25) is 0 Å². The number of benzene rings is 1. The Bertz CT molecular complexity index is 321. The molecule has 1 saturated heterocycles. The Morgan fingerprint density at radius 3 is 2.64 bits per heavy atom. The van der Waals surface area contributed by atoms with E-state index in [0.717, 1.165) is 0 Å². The zero-order valence-corrected chi connectivity index (χ0v) is 7.57. The average molecular weight is 198 g/mol. The molecule has 1 N–H and O–H groups in total. The summed E-state index contributed by atoms with van der Waals surface area (Å²) in [6.45, 7) is 0.778. The van der Waals surface area contributed by atoms with E-state index in [1.807, 2.05) is 0 Å². The summed E-state index contributed by atoms with van der Waals surface area (Å²) in [4.78, 5) is 0. The lowest BCUT2D eigenvalue weighted by molar-refractivity contribution is -0.0443. The molecule has 1 aliphatic rings. The third-order valence-corrected chi connectivity index (χ3v) is 2.14. The Labute approximate surface area is 81.1 Å². The smallest absolute Gasteiger partial charge is 0.184 e. The molecule has 0 saturated carbocycles. The second-order valence-corrected chi connectivity index (χ2v) is 3.08. The van der Waals surface area contributed by atoms with Gasteiger partial charge in [0.15, 0.2) is 6.29 Å². The predicted molar refractivity (Wildman–Crippen MR) is 47.0 cm³/mol. The molecule has 2 rings (SSSR count). The minimum absolute atomic E-state index is 0.284. The van der Waals surface area contributed by atoms with E-state index in [-0.39, 0.29) is 12.2 Å². The van der Waals surface area contributed by atoms with Crippen molar-refractivity contribution in [3.8, 4) is 0 Å². The molecule has 0 aromatic heterocycles. The monoisotopic (exact) mass is 198 g/mol. The number of aliphatic hydroxyl groups excluding tert-OH is 1. The Balaban J connectivity index is 2.23. The third kappa shape index (κ3) is 1.77. The maximum atomic E-state index is 13.2. The SMILES string of the molecule is OCc1ccc(C2OCCO2)cc1F. The molecule has 0 radical (unpaired) electrons. The topological polar surface area (TPSA) is 38.7 Å². The summed E-state index contributed by atoms with van der Waals surface area (Å²) in [5.74, 6) is -0.427. The van der Waals surface area contributed by atoms with E-state index in [1.165, 1.54) is 12.1 Å². The van der Waals surface area contributed by atoms with Crippen molar-refractivity contribution in [2.75, 3.05) is 13.2 Å². The highest BCUT2D eigenvalue weighted by Gasteiger charge is 2.19. The second-order valence-electron chi connectivity index (χ2n) is 3.08. The number of hydrogen-bond donors (Lipinski definition) is 1. The first-order valence-corrected chi connectivity index (χ1v) is 4.43. The highest BCUT2D eigenvalue weighted by Crippen LogP contribution is 2.24. The quantitative estimate of drug-likeness (QED) is 0.779. The Hall–Kier alpha value is -0.970. The fourth-order valence-corrected chi connectivity index (χ4v) is 1.39. The van der Waals surface area contributed by atoms with Crippen LogP contribution in [-0.2, 0) is 16.1 Å². The minimum atomic E-state index is -0.461. The van der Waals surface area contributed by atoms with Gasteiger partial charge in [0.05, 0.1) is 19.8 Å². The fourth-order valence-electron chi connectivity index (χ4n) is 1.39. The van der Waals surface area contributed by atoms with Gasteiger partial charge in [-0.1, -0.05) is 12.1 Å². The van der Waals surface area contributed by atoms with Gasteiger partial charge in [-0.05, 0) is 6.07 Å². The number of aliphatic hydroxyl groups is 1. The average Bonchev–Trinajstić information content (AvgIpc) is 2.70. The number of halogens is 1. The van der Waals surface area contributed by atoms with Gasteiger partial charge < -0.3 is 14.6 Å². The number of ether oxygens (including phenoxy) is 2. The van der Waals surface area contributed by atoms with E-state index in [9.17, 15) is 4.39 Å². The zero-order valence-electron chi connectivity index (χ0n) is 7.57. The summed E-state index contributed by atoms with van der Waals surface area (Å²) in [5, 5.41) is 8.77. The molecule has 1 aliphatic heterocycles. The highest BCUT2D eigenvalue weighted by molar-refractivity contribution is 5.24. The van der Waals surface area contributed by atoms with Crippen LogP contribution in [0.1, 0.15) is 17.4 Å². The Morgan fingerprint density at radius 2 is 2.07 bits per heavy atom. The van der Waals surface area contributed by atoms with Gasteiger partial charge in [0.1, 0.15) is 5.82 Å². The van der Waals surface area contributed by atoms with Crippen LogP contribution in [0.4, 0.5) is 4.39 Å². The van der Waals surface area contributed by atoms with Gasteiger partial charge in [0.25, 0.3) is 0 Å². The van der Waals surface area contributed by atoms with Crippen LogP contribution in [0.15, 0.2) is 18.2 Å². The molecule has 3 nitrogen and oxygen atoms in total. The van der Waals surface area contributed by atoms with Gasteiger partial charge in [0, 0.05) is 11.1 Å². The largest absolute Gasteiger partial charge is 0.392 e. The number of hydrogen-bond acceptors (Lipinski definition) is 3. The van der Waals surface area contributed by atoms with E-state index in [0.29, 0.717) is 18.8 Å². The van der Waals surface area contributed by atoms with Gasteiger partial charge in [-0.25, -0.2) is 4.39 Å². The van der Waals surface area contributed by atoms with Crippen molar-refractivity contribution in [2.24, 2.45) is 0 Å². The fraction of sp³-hybridized carbons (Fsp3) is 0.400. The van der Waals surface area contributed by atoms with Crippen LogP contribution < -0.4 is 0 Å². The third-order valence-electron chi connectivity index (χ3n) is 2.14. The standard InChI is InChI=1S/C10H11FO3/c11-9-5-7(1-2-8(9)6-12)10-13-3-4-14-10/h1-2,5,10,12H,3-4,6H2. The van der Waals surface area contributed by atoms with E-state index in [1.54, 1.807) is 6.07 Å². The maximum Gasteiger partial charge on any atom is 0.184 e. The van der Waals surface area contributed by atoms with Crippen LogP contribution in [0.3, 0.4) is 0 Å². The molecule has 0 unspecified atom stereocenters. The van der Waals surface area contributed by atoms with Crippen LogP contribution in [0.25, 0.3) is 0 Å². The molecule has 1 fully saturated rings. The summed E-state index contributed by atoms with van der Waals surface area (Å²) in [7, 11) is 0. The van der Waals surface area contributed by atoms with Gasteiger partial charge in [-0.15, -0.1) is 0 Å². The molecular formula is C10H11FO3. The summed E-state index contributed by atoms with van der Waals surface area (Å²) < 4.78 is 23.7. The van der Waals surface area contributed by atoms with Crippen molar-refractivity contribution >= 4 is 0 Å². The van der Waals surface area contributed by atoms with Crippen molar-refractivity contribution < 1.29 is 19.0 Å². The summed E-state index contributed by atoms with van der Waals surface area (Å²) in [6, 6.07) is 4.57. The van der Waals surface area contributed by atoms with E-state index >= 15 is 0 Å². The van der Waals surface area contributed by atoms with Crippen molar-refractivity contribution in [2.45, 2.75) is 12.9 Å². The first-order chi connectivity index (χ1) is 6.81. The van der Waals surface area contributed by atoms with Crippen LogP contribution in [-0.4, -0.2) is 18.3 Å². The summed E-state index contributed by atoms with van der Waals surface area (Å²) in [6.07, 6.45) is -0.461. The van der Waals surface area contributed by atoms with E-state index in [4.69, 9.17) is 14.6 Å². The van der Waals surface area contributed by atoms with Crippen LogP contribution >= 0.6 is 0 Å². The first kappa shape index (κ1) is 9.58. The zero-order chi connectivity index (χ0) is 9.97. The van der Waals surface area contributed by atoms with Crippen molar-refractivity contribution in [1.82, 2.24) is 0 Å². The van der Waals surface area contributed by atoms with Gasteiger partial charge >= 0.3 is 0 Å². The van der Waals surface area contributed by atoms with Crippen molar-refractivity contribution in [3.05, 3.63) is 35.1 Å². The molecule has 1 heterocycles. The maximum absolute atomic E-state index is 13.2. The molecular weight excluding hydrogens is 187 g/mol. The molecule has 0 aliphatic carbocycles. The number of rotatable bonds is 2. The second kappa shape index (κ2) is 4.04. The van der Waals surface area contributed by atoms with Gasteiger partial charge in [-0.3, -0.25) is 0 Å².